The van der Waals surface area contributed by atoms with Crippen LogP contribution in [0.25, 0.3) is 0 Å². The van der Waals surface area contributed by atoms with E-state index in [0.29, 0.717) is 13.0 Å². The van der Waals surface area contributed by atoms with Crippen molar-refractivity contribution in [1.82, 2.24) is 10.2 Å². The fourth-order valence-corrected chi connectivity index (χ4v) is 3.83. The van der Waals surface area contributed by atoms with Crippen LogP contribution in [-0.4, -0.2) is 61.7 Å². The lowest BCUT2D eigenvalue weighted by molar-refractivity contribution is -0.122. The zero-order chi connectivity index (χ0) is 15.8. The Morgan fingerprint density at radius 3 is 2.95 bits per heavy atom. The quantitative estimate of drug-likeness (QED) is 0.745. The first-order chi connectivity index (χ1) is 10.7. The highest BCUT2D eigenvalue weighted by atomic mass is 32.2. The average Bonchev–Trinajstić information content (AvgIpc) is 3.08. The Hall–Kier alpha value is -0.600. The van der Waals surface area contributed by atoms with Gasteiger partial charge in [-0.25, -0.2) is 0 Å². The van der Waals surface area contributed by atoms with Gasteiger partial charge in [-0.15, -0.1) is 11.3 Å². The molecule has 1 amide bonds. The normalized spacial score (nSPS) is 18.8. The molecule has 1 aliphatic rings. The fourth-order valence-electron chi connectivity index (χ4n) is 2.48. The predicted molar refractivity (Wildman–Crippen MR) is 93.4 cm³/mol. The Labute approximate surface area is 140 Å². The molecule has 3 N–H and O–H groups in total. The second-order valence-electron chi connectivity index (χ2n) is 5.31. The Morgan fingerprint density at radius 2 is 2.32 bits per heavy atom. The molecule has 0 radical (unpaired) electrons. The fraction of sp³-hybridized carbons (Fsp3) is 0.667. The predicted octanol–water partition coefficient (Wildman–Crippen LogP) is 1.32. The SMILES string of the molecule is CSCC[C@H](N)C(=O)NCC(c1cccs1)N1CCOCC1. The molecular formula is C15H25N3O2S2. The summed E-state index contributed by atoms with van der Waals surface area (Å²) in [6.07, 6.45) is 2.74. The number of amides is 1. The van der Waals surface area contributed by atoms with Crippen LogP contribution in [0.4, 0.5) is 0 Å². The van der Waals surface area contributed by atoms with Gasteiger partial charge in [-0.2, -0.15) is 11.8 Å². The molecule has 2 rings (SSSR count). The third-order valence-electron chi connectivity index (χ3n) is 3.80. The van der Waals surface area contributed by atoms with Crippen LogP contribution in [0.3, 0.4) is 0 Å². The van der Waals surface area contributed by atoms with Crippen LogP contribution in [0.2, 0.25) is 0 Å². The van der Waals surface area contributed by atoms with E-state index in [-0.39, 0.29) is 11.9 Å². The van der Waals surface area contributed by atoms with E-state index in [0.717, 1.165) is 32.1 Å². The second kappa shape index (κ2) is 9.52. The summed E-state index contributed by atoms with van der Waals surface area (Å²) < 4.78 is 5.43. The Kier molecular flexibility index (Phi) is 7.68. The zero-order valence-corrected chi connectivity index (χ0v) is 14.6. The number of ether oxygens (including phenoxy) is 1. The van der Waals surface area contributed by atoms with Gasteiger partial charge in [0.25, 0.3) is 0 Å². The van der Waals surface area contributed by atoms with Crippen molar-refractivity contribution in [2.24, 2.45) is 5.73 Å². The van der Waals surface area contributed by atoms with Crippen LogP contribution in [0, 0.1) is 0 Å². The van der Waals surface area contributed by atoms with Crippen LogP contribution >= 0.6 is 23.1 Å². The molecule has 1 aliphatic heterocycles. The van der Waals surface area contributed by atoms with Crippen LogP contribution in [0.15, 0.2) is 17.5 Å². The zero-order valence-electron chi connectivity index (χ0n) is 13.0. The maximum atomic E-state index is 12.1. The molecule has 7 heteroatoms. The smallest absolute Gasteiger partial charge is 0.237 e. The highest BCUT2D eigenvalue weighted by molar-refractivity contribution is 7.98. The highest BCUT2D eigenvalue weighted by Crippen LogP contribution is 2.25. The van der Waals surface area contributed by atoms with Crippen molar-refractivity contribution in [1.29, 1.82) is 0 Å². The second-order valence-corrected chi connectivity index (χ2v) is 7.28. The first kappa shape index (κ1) is 17.7. The first-order valence-corrected chi connectivity index (χ1v) is 9.87. The lowest BCUT2D eigenvalue weighted by Gasteiger charge is -2.34. The number of carbonyl (C=O) groups excluding carboxylic acids is 1. The number of hydrogen-bond donors (Lipinski definition) is 2. The third kappa shape index (κ3) is 5.24. The van der Waals surface area contributed by atoms with Gasteiger partial charge in [0.1, 0.15) is 0 Å². The van der Waals surface area contributed by atoms with Gasteiger partial charge in [-0.05, 0) is 29.9 Å². The van der Waals surface area contributed by atoms with Gasteiger partial charge in [-0.3, -0.25) is 9.69 Å². The lowest BCUT2D eigenvalue weighted by Crippen LogP contribution is -2.47. The number of nitrogens with one attached hydrogen (secondary N) is 1. The Morgan fingerprint density at radius 1 is 1.55 bits per heavy atom. The molecule has 5 nitrogen and oxygen atoms in total. The van der Waals surface area contributed by atoms with E-state index in [4.69, 9.17) is 10.5 Å². The summed E-state index contributed by atoms with van der Waals surface area (Å²) >= 11 is 3.44. The number of hydrogen-bond acceptors (Lipinski definition) is 6. The number of thioether (sulfide) groups is 1. The van der Waals surface area contributed by atoms with Gasteiger partial charge in [0.15, 0.2) is 0 Å². The van der Waals surface area contributed by atoms with E-state index >= 15 is 0 Å². The minimum atomic E-state index is -0.416. The highest BCUT2D eigenvalue weighted by Gasteiger charge is 2.24. The molecule has 1 saturated heterocycles. The number of carbonyl (C=O) groups is 1. The first-order valence-electron chi connectivity index (χ1n) is 7.59. The van der Waals surface area contributed by atoms with Crippen LogP contribution in [0.5, 0.6) is 0 Å². The molecule has 1 fully saturated rings. The molecular weight excluding hydrogens is 318 g/mol. The Balaban J connectivity index is 1.91. The van der Waals surface area contributed by atoms with Crippen molar-refractivity contribution in [2.75, 3.05) is 44.9 Å². The molecule has 0 aromatic carbocycles. The van der Waals surface area contributed by atoms with Gasteiger partial charge in [0, 0.05) is 24.5 Å². The summed E-state index contributed by atoms with van der Waals surface area (Å²) in [7, 11) is 0. The average molecular weight is 344 g/mol. The molecule has 1 unspecified atom stereocenters. The summed E-state index contributed by atoms with van der Waals surface area (Å²) in [6, 6.07) is 3.98. The van der Waals surface area contributed by atoms with Gasteiger partial charge in [0.05, 0.1) is 25.3 Å². The minimum absolute atomic E-state index is 0.0520. The third-order valence-corrected chi connectivity index (χ3v) is 5.41. The van der Waals surface area contributed by atoms with Crippen LogP contribution in [0.1, 0.15) is 17.3 Å². The molecule has 1 aromatic heterocycles. The van der Waals surface area contributed by atoms with Crippen molar-refractivity contribution in [3.8, 4) is 0 Å². The molecule has 0 aliphatic carbocycles. The minimum Gasteiger partial charge on any atom is -0.379 e. The molecule has 0 saturated carbocycles. The number of thiophene rings is 1. The topological polar surface area (TPSA) is 67.6 Å². The van der Waals surface area contributed by atoms with E-state index in [1.807, 2.05) is 6.26 Å². The van der Waals surface area contributed by atoms with Crippen LogP contribution < -0.4 is 11.1 Å². The van der Waals surface area contributed by atoms with Gasteiger partial charge in [0.2, 0.25) is 5.91 Å². The molecule has 22 heavy (non-hydrogen) atoms. The lowest BCUT2D eigenvalue weighted by atomic mass is 10.1. The van der Waals surface area contributed by atoms with E-state index in [2.05, 4.69) is 27.7 Å². The van der Waals surface area contributed by atoms with Gasteiger partial charge < -0.3 is 15.8 Å². The number of nitrogens with two attached hydrogens (primary N) is 1. The molecule has 0 bridgehead atoms. The Bertz CT molecular complexity index is 436. The summed E-state index contributed by atoms with van der Waals surface area (Å²) in [4.78, 5) is 15.8. The molecule has 0 spiro atoms. The van der Waals surface area contributed by atoms with Gasteiger partial charge in [-0.1, -0.05) is 6.07 Å². The summed E-state index contributed by atoms with van der Waals surface area (Å²) in [5.41, 5.74) is 5.93. The van der Waals surface area contributed by atoms with Crippen molar-refractivity contribution < 1.29 is 9.53 Å². The van der Waals surface area contributed by atoms with Crippen molar-refractivity contribution in [3.05, 3.63) is 22.4 Å². The van der Waals surface area contributed by atoms with Crippen molar-refractivity contribution in [3.63, 3.8) is 0 Å². The van der Waals surface area contributed by atoms with Gasteiger partial charge >= 0.3 is 0 Å². The molecule has 2 heterocycles. The number of rotatable bonds is 8. The van der Waals surface area contributed by atoms with E-state index in [1.165, 1.54) is 4.88 Å². The monoisotopic (exact) mass is 343 g/mol. The van der Waals surface area contributed by atoms with E-state index in [1.54, 1.807) is 23.1 Å². The number of nitrogens with zero attached hydrogens (tertiary/aromatic N) is 1. The maximum absolute atomic E-state index is 12.1. The summed E-state index contributed by atoms with van der Waals surface area (Å²) in [5, 5.41) is 5.11. The summed E-state index contributed by atoms with van der Waals surface area (Å²) in [5.74, 6) is 0.857. The number of morpholine rings is 1. The maximum Gasteiger partial charge on any atom is 0.237 e. The van der Waals surface area contributed by atoms with Crippen molar-refractivity contribution >= 4 is 29.0 Å². The van der Waals surface area contributed by atoms with E-state index in [9.17, 15) is 4.79 Å². The molecule has 124 valence electrons. The standard InChI is InChI=1S/C15H25N3O2S2/c1-21-10-4-12(16)15(19)17-11-13(14-3-2-9-22-14)18-5-7-20-8-6-18/h2-3,9,12-13H,4-8,10-11,16H2,1H3,(H,17,19)/t12-,13?/m0/s1. The molecule has 2 atom stereocenters. The summed E-state index contributed by atoms with van der Waals surface area (Å²) in [6.45, 7) is 3.91. The van der Waals surface area contributed by atoms with Crippen LogP contribution in [-0.2, 0) is 9.53 Å². The van der Waals surface area contributed by atoms with E-state index < -0.39 is 6.04 Å². The largest absolute Gasteiger partial charge is 0.379 e. The van der Waals surface area contributed by atoms with Crippen molar-refractivity contribution in [2.45, 2.75) is 18.5 Å². The molecule has 1 aromatic rings.